The lowest BCUT2D eigenvalue weighted by Crippen LogP contribution is -2.26. The zero-order valence-corrected chi connectivity index (χ0v) is 12.0. The minimum absolute atomic E-state index is 0. The SMILES string of the molecule is Cl.NCc1c[nH]c(=S)n1[C@H]1COc2ccccc2C1. The van der Waals surface area contributed by atoms with Gasteiger partial charge in [0, 0.05) is 19.2 Å². The summed E-state index contributed by atoms with van der Waals surface area (Å²) in [6, 6.07) is 8.35. The number of imidazole rings is 1. The normalized spacial score (nSPS) is 17.2. The van der Waals surface area contributed by atoms with Crippen LogP contribution in [-0.2, 0) is 13.0 Å². The van der Waals surface area contributed by atoms with Crippen molar-refractivity contribution in [2.45, 2.75) is 19.0 Å². The first-order valence-electron chi connectivity index (χ1n) is 5.99. The molecule has 1 aliphatic rings. The summed E-state index contributed by atoms with van der Waals surface area (Å²) in [5, 5.41) is 0. The van der Waals surface area contributed by atoms with E-state index in [0.717, 1.165) is 17.9 Å². The number of benzene rings is 1. The van der Waals surface area contributed by atoms with Crippen molar-refractivity contribution in [1.29, 1.82) is 0 Å². The van der Waals surface area contributed by atoms with E-state index in [2.05, 4.69) is 15.6 Å². The summed E-state index contributed by atoms with van der Waals surface area (Å²) in [4.78, 5) is 3.05. The van der Waals surface area contributed by atoms with Gasteiger partial charge in [0.2, 0.25) is 0 Å². The molecule has 2 heterocycles. The number of hydrogen-bond donors (Lipinski definition) is 2. The van der Waals surface area contributed by atoms with Gasteiger partial charge in [0.05, 0.1) is 11.7 Å². The number of ether oxygens (including phenoxy) is 1. The molecular weight excluding hydrogens is 282 g/mol. The molecule has 0 amide bonds. The Kier molecular flexibility index (Phi) is 4.29. The number of aromatic amines is 1. The molecule has 0 bridgehead atoms. The second-order valence-electron chi connectivity index (χ2n) is 4.44. The molecule has 1 aromatic carbocycles. The van der Waals surface area contributed by atoms with Gasteiger partial charge in [-0.1, -0.05) is 18.2 Å². The van der Waals surface area contributed by atoms with Gasteiger partial charge in [0.25, 0.3) is 0 Å². The largest absolute Gasteiger partial charge is 0.491 e. The topological polar surface area (TPSA) is 56.0 Å². The second-order valence-corrected chi connectivity index (χ2v) is 4.82. The first kappa shape index (κ1) is 14.1. The Morgan fingerprint density at radius 2 is 2.21 bits per heavy atom. The van der Waals surface area contributed by atoms with Gasteiger partial charge < -0.3 is 20.0 Å². The molecule has 0 saturated heterocycles. The van der Waals surface area contributed by atoms with Crippen LogP contribution in [-0.4, -0.2) is 16.2 Å². The number of halogens is 1. The minimum Gasteiger partial charge on any atom is -0.491 e. The quantitative estimate of drug-likeness (QED) is 0.838. The minimum atomic E-state index is 0. The van der Waals surface area contributed by atoms with E-state index in [4.69, 9.17) is 22.7 Å². The van der Waals surface area contributed by atoms with E-state index in [-0.39, 0.29) is 18.4 Å². The molecule has 1 aliphatic heterocycles. The standard InChI is InChI=1S/C13H15N3OS.ClH/c14-6-11-7-15-13(18)16(11)10-5-9-3-1-2-4-12(9)17-8-10;/h1-4,7,10H,5-6,8,14H2,(H,15,18);1H/t10-;/m1./s1. The Balaban J connectivity index is 0.00000133. The molecule has 19 heavy (non-hydrogen) atoms. The molecule has 0 aliphatic carbocycles. The molecule has 102 valence electrons. The Morgan fingerprint density at radius 3 is 3.00 bits per heavy atom. The van der Waals surface area contributed by atoms with Crippen molar-refractivity contribution < 1.29 is 4.74 Å². The van der Waals surface area contributed by atoms with E-state index in [0.29, 0.717) is 17.9 Å². The molecule has 4 nitrogen and oxygen atoms in total. The van der Waals surface area contributed by atoms with Crippen LogP contribution in [0.5, 0.6) is 5.75 Å². The lowest BCUT2D eigenvalue weighted by atomic mass is 10.0. The number of fused-ring (bicyclic) bond motifs is 1. The third-order valence-electron chi connectivity index (χ3n) is 3.32. The predicted octanol–water partition coefficient (Wildman–Crippen LogP) is 2.60. The van der Waals surface area contributed by atoms with Crippen LogP contribution in [0.15, 0.2) is 30.5 Å². The molecule has 0 fully saturated rings. The molecule has 3 rings (SSSR count). The Morgan fingerprint density at radius 1 is 1.42 bits per heavy atom. The summed E-state index contributed by atoms with van der Waals surface area (Å²) in [5.41, 5.74) is 7.98. The fourth-order valence-electron chi connectivity index (χ4n) is 2.45. The molecule has 0 radical (unpaired) electrons. The van der Waals surface area contributed by atoms with Gasteiger partial charge in [-0.05, 0) is 23.8 Å². The second kappa shape index (κ2) is 5.77. The molecule has 0 spiro atoms. The lowest BCUT2D eigenvalue weighted by Gasteiger charge is -2.27. The third-order valence-corrected chi connectivity index (χ3v) is 3.64. The van der Waals surface area contributed by atoms with Crippen molar-refractivity contribution in [3.05, 3.63) is 46.5 Å². The number of para-hydroxylation sites is 1. The van der Waals surface area contributed by atoms with Crippen LogP contribution in [0.25, 0.3) is 0 Å². The van der Waals surface area contributed by atoms with Gasteiger partial charge in [-0.2, -0.15) is 0 Å². The van der Waals surface area contributed by atoms with Crippen LogP contribution in [0.3, 0.4) is 0 Å². The molecule has 1 atom stereocenters. The van der Waals surface area contributed by atoms with E-state index in [1.807, 2.05) is 24.4 Å². The fourth-order valence-corrected chi connectivity index (χ4v) is 2.78. The Bertz CT molecular complexity index is 622. The zero-order valence-electron chi connectivity index (χ0n) is 10.3. The van der Waals surface area contributed by atoms with Crippen LogP contribution >= 0.6 is 24.6 Å². The van der Waals surface area contributed by atoms with E-state index in [1.165, 1.54) is 5.56 Å². The first-order valence-corrected chi connectivity index (χ1v) is 6.40. The monoisotopic (exact) mass is 297 g/mol. The number of nitrogens with one attached hydrogen (secondary N) is 1. The molecule has 1 aromatic heterocycles. The van der Waals surface area contributed by atoms with Gasteiger partial charge in [-0.25, -0.2) is 0 Å². The molecular formula is C13H16ClN3OS. The number of aromatic nitrogens is 2. The average Bonchev–Trinajstić information content (AvgIpc) is 2.79. The summed E-state index contributed by atoms with van der Waals surface area (Å²) < 4.78 is 8.58. The first-order chi connectivity index (χ1) is 8.79. The number of H-pyrrole nitrogens is 1. The van der Waals surface area contributed by atoms with Crippen LogP contribution < -0.4 is 10.5 Å². The smallest absolute Gasteiger partial charge is 0.177 e. The Labute approximate surface area is 123 Å². The van der Waals surface area contributed by atoms with Gasteiger partial charge in [0.1, 0.15) is 12.4 Å². The summed E-state index contributed by atoms with van der Waals surface area (Å²) >= 11 is 5.31. The Hall–Kier alpha value is -1.30. The van der Waals surface area contributed by atoms with Crippen LogP contribution in [0.2, 0.25) is 0 Å². The fraction of sp³-hybridized carbons (Fsp3) is 0.308. The van der Waals surface area contributed by atoms with Crippen molar-refractivity contribution in [2.75, 3.05) is 6.61 Å². The summed E-state index contributed by atoms with van der Waals surface area (Å²) in [6.07, 6.45) is 2.80. The summed E-state index contributed by atoms with van der Waals surface area (Å²) in [7, 11) is 0. The zero-order chi connectivity index (χ0) is 12.5. The predicted molar refractivity (Wildman–Crippen MR) is 79.4 cm³/mol. The van der Waals surface area contributed by atoms with E-state index in [1.54, 1.807) is 0 Å². The van der Waals surface area contributed by atoms with Crippen LogP contribution in [0, 0.1) is 4.77 Å². The lowest BCUT2D eigenvalue weighted by molar-refractivity contribution is 0.220. The van der Waals surface area contributed by atoms with Gasteiger partial charge in [-0.3, -0.25) is 0 Å². The van der Waals surface area contributed by atoms with Gasteiger partial charge >= 0.3 is 0 Å². The molecule has 0 unspecified atom stereocenters. The molecule has 6 heteroatoms. The van der Waals surface area contributed by atoms with Gasteiger partial charge in [0.15, 0.2) is 4.77 Å². The van der Waals surface area contributed by atoms with Crippen molar-refractivity contribution in [3.8, 4) is 5.75 Å². The van der Waals surface area contributed by atoms with Crippen molar-refractivity contribution in [3.63, 3.8) is 0 Å². The average molecular weight is 298 g/mol. The maximum Gasteiger partial charge on any atom is 0.177 e. The van der Waals surface area contributed by atoms with Crippen LogP contribution in [0.1, 0.15) is 17.3 Å². The highest BCUT2D eigenvalue weighted by atomic mass is 35.5. The van der Waals surface area contributed by atoms with Crippen LogP contribution in [0.4, 0.5) is 0 Å². The highest BCUT2D eigenvalue weighted by Gasteiger charge is 2.22. The number of nitrogens with two attached hydrogens (primary N) is 1. The third kappa shape index (κ3) is 2.54. The van der Waals surface area contributed by atoms with Crippen molar-refractivity contribution in [2.24, 2.45) is 5.73 Å². The summed E-state index contributed by atoms with van der Waals surface area (Å²) in [6.45, 7) is 1.11. The van der Waals surface area contributed by atoms with Crippen molar-refractivity contribution >= 4 is 24.6 Å². The van der Waals surface area contributed by atoms with Crippen molar-refractivity contribution in [1.82, 2.24) is 9.55 Å². The number of rotatable bonds is 2. The molecule has 3 N–H and O–H groups in total. The molecule has 2 aromatic rings. The van der Waals surface area contributed by atoms with Gasteiger partial charge in [-0.15, -0.1) is 12.4 Å². The maximum absolute atomic E-state index is 5.79. The highest BCUT2D eigenvalue weighted by Crippen LogP contribution is 2.30. The number of hydrogen-bond acceptors (Lipinski definition) is 3. The van der Waals surface area contributed by atoms with E-state index < -0.39 is 0 Å². The molecule has 0 saturated carbocycles. The van der Waals surface area contributed by atoms with E-state index in [9.17, 15) is 0 Å². The van der Waals surface area contributed by atoms with E-state index >= 15 is 0 Å². The number of nitrogens with zero attached hydrogens (tertiary/aromatic N) is 1. The maximum atomic E-state index is 5.79. The summed E-state index contributed by atoms with van der Waals surface area (Å²) in [5.74, 6) is 0.977. The highest BCUT2D eigenvalue weighted by molar-refractivity contribution is 7.71.